The quantitative estimate of drug-likeness (QED) is 0.792. The maximum Gasteiger partial charge on any atom is 0.248 e. The van der Waals surface area contributed by atoms with Gasteiger partial charge in [-0.25, -0.2) is 0 Å². The second-order valence-electron chi connectivity index (χ2n) is 5.26. The summed E-state index contributed by atoms with van der Waals surface area (Å²) >= 11 is 0. The predicted molar refractivity (Wildman–Crippen MR) is 69.6 cm³/mol. The molecule has 0 saturated carbocycles. The number of likely N-dealkylation sites (tertiary alicyclic amines) is 1. The Bertz CT molecular complexity index is 475. The lowest BCUT2D eigenvalue weighted by atomic mass is 9.84. The first-order valence-electron chi connectivity index (χ1n) is 6.39. The van der Waals surface area contributed by atoms with Gasteiger partial charge in [0, 0.05) is 44.2 Å². The van der Waals surface area contributed by atoms with Gasteiger partial charge in [-0.2, -0.15) is 0 Å². The van der Waals surface area contributed by atoms with Crippen molar-refractivity contribution in [3.05, 3.63) is 29.8 Å². The van der Waals surface area contributed by atoms with E-state index in [1.54, 1.807) is 4.90 Å². The second-order valence-corrected chi connectivity index (χ2v) is 5.26. The lowest BCUT2D eigenvalue weighted by Crippen LogP contribution is -2.35. The number of aliphatic hydroxyl groups excluding tert-OH is 1. The Kier molecular flexibility index (Phi) is 2.74. The van der Waals surface area contributed by atoms with Crippen molar-refractivity contribution in [1.29, 1.82) is 0 Å². The molecule has 1 amide bonds. The van der Waals surface area contributed by atoms with Crippen LogP contribution in [0.2, 0.25) is 0 Å². The molecule has 2 aliphatic rings. The minimum atomic E-state index is -0.378. The zero-order valence-electron chi connectivity index (χ0n) is 10.5. The molecule has 4 nitrogen and oxygen atoms in total. The molecule has 1 aromatic rings. The van der Waals surface area contributed by atoms with E-state index in [9.17, 15) is 4.79 Å². The molecule has 96 valence electrons. The molecule has 0 radical (unpaired) electrons. The average Bonchev–Trinajstić information content (AvgIpc) is 2.82. The molecule has 1 N–H and O–H groups in total. The van der Waals surface area contributed by atoms with Gasteiger partial charge in [0.2, 0.25) is 5.91 Å². The molecule has 0 aromatic heterocycles. The Morgan fingerprint density at radius 2 is 2.11 bits per heavy atom. The number of amides is 1. The fourth-order valence-corrected chi connectivity index (χ4v) is 3.31. The van der Waals surface area contributed by atoms with E-state index < -0.39 is 0 Å². The number of nitrogens with zero attached hydrogens (tertiary/aromatic N) is 2. The third-order valence-corrected chi connectivity index (χ3v) is 4.18. The van der Waals surface area contributed by atoms with Crippen LogP contribution in [0, 0.1) is 5.92 Å². The predicted octanol–water partition coefficient (Wildman–Crippen LogP) is 0.671. The summed E-state index contributed by atoms with van der Waals surface area (Å²) in [5, 5.41) is 8.97. The van der Waals surface area contributed by atoms with Crippen LogP contribution >= 0.6 is 0 Å². The van der Waals surface area contributed by atoms with Crippen LogP contribution < -0.4 is 4.90 Å². The van der Waals surface area contributed by atoms with Crippen LogP contribution in [-0.2, 0) is 4.79 Å². The fourth-order valence-electron chi connectivity index (χ4n) is 3.31. The zero-order valence-corrected chi connectivity index (χ0v) is 10.5. The molecule has 0 aliphatic carbocycles. The van der Waals surface area contributed by atoms with Gasteiger partial charge in [-0.15, -0.1) is 0 Å². The SMILES string of the molecule is CN1C[C@@H]2CN(C(=O)CO)C[C@H]2c2ccccc21. The standard InChI is InChI=1S/C14H18N2O2/c1-15-6-10-7-16(14(18)9-17)8-12(10)11-4-2-3-5-13(11)15/h2-5,10,12,17H,6-9H2,1H3/t10-,12-/m1/s1. The highest BCUT2D eigenvalue weighted by atomic mass is 16.3. The monoisotopic (exact) mass is 246 g/mol. The average molecular weight is 246 g/mol. The Balaban J connectivity index is 1.91. The highest BCUT2D eigenvalue weighted by molar-refractivity contribution is 5.78. The highest BCUT2D eigenvalue weighted by Gasteiger charge is 2.40. The van der Waals surface area contributed by atoms with Crippen LogP contribution in [0.25, 0.3) is 0 Å². The molecule has 1 aromatic carbocycles. The van der Waals surface area contributed by atoms with Crippen LogP contribution in [0.5, 0.6) is 0 Å². The zero-order chi connectivity index (χ0) is 12.7. The van der Waals surface area contributed by atoms with Crippen molar-refractivity contribution in [1.82, 2.24) is 4.90 Å². The van der Waals surface area contributed by atoms with Gasteiger partial charge in [-0.3, -0.25) is 4.79 Å². The van der Waals surface area contributed by atoms with Gasteiger partial charge in [0.05, 0.1) is 0 Å². The van der Waals surface area contributed by atoms with Gasteiger partial charge in [-0.05, 0) is 11.6 Å². The summed E-state index contributed by atoms with van der Waals surface area (Å²) in [5.41, 5.74) is 2.61. The largest absolute Gasteiger partial charge is 0.387 e. The Morgan fingerprint density at radius 3 is 2.89 bits per heavy atom. The molecular weight excluding hydrogens is 228 g/mol. The van der Waals surface area contributed by atoms with E-state index in [-0.39, 0.29) is 12.5 Å². The number of fused-ring (bicyclic) bond motifs is 3. The molecule has 3 rings (SSSR count). The molecule has 0 spiro atoms. The number of aliphatic hydroxyl groups is 1. The smallest absolute Gasteiger partial charge is 0.248 e. The Hall–Kier alpha value is -1.55. The molecule has 4 heteroatoms. The number of benzene rings is 1. The van der Waals surface area contributed by atoms with Crippen molar-refractivity contribution < 1.29 is 9.90 Å². The van der Waals surface area contributed by atoms with Crippen LogP contribution in [0.3, 0.4) is 0 Å². The van der Waals surface area contributed by atoms with Crippen LogP contribution in [0.4, 0.5) is 5.69 Å². The summed E-state index contributed by atoms with van der Waals surface area (Å²) in [6, 6.07) is 8.42. The molecule has 2 aliphatic heterocycles. The summed E-state index contributed by atoms with van der Waals surface area (Å²) in [7, 11) is 2.10. The van der Waals surface area contributed by atoms with Crippen LogP contribution in [0.1, 0.15) is 11.5 Å². The van der Waals surface area contributed by atoms with Gasteiger partial charge < -0.3 is 14.9 Å². The first-order valence-corrected chi connectivity index (χ1v) is 6.39. The number of hydrogen-bond acceptors (Lipinski definition) is 3. The number of para-hydroxylation sites is 1. The van der Waals surface area contributed by atoms with Crippen molar-refractivity contribution >= 4 is 11.6 Å². The second kappa shape index (κ2) is 4.28. The summed E-state index contributed by atoms with van der Waals surface area (Å²) in [6.07, 6.45) is 0. The van der Waals surface area contributed by atoms with Gasteiger partial charge in [-0.1, -0.05) is 18.2 Å². The van der Waals surface area contributed by atoms with E-state index in [1.807, 2.05) is 0 Å². The molecule has 0 bridgehead atoms. The summed E-state index contributed by atoms with van der Waals surface area (Å²) in [4.78, 5) is 15.7. The van der Waals surface area contributed by atoms with E-state index in [1.165, 1.54) is 11.3 Å². The van der Waals surface area contributed by atoms with Gasteiger partial charge in [0.25, 0.3) is 0 Å². The van der Waals surface area contributed by atoms with Crippen molar-refractivity contribution in [3.8, 4) is 0 Å². The van der Waals surface area contributed by atoms with Gasteiger partial charge in [0.1, 0.15) is 6.61 Å². The molecule has 1 saturated heterocycles. The van der Waals surface area contributed by atoms with E-state index in [4.69, 9.17) is 5.11 Å². The van der Waals surface area contributed by atoms with Crippen LogP contribution in [0.15, 0.2) is 24.3 Å². The van der Waals surface area contributed by atoms with Crippen molar-refractivity contribution in [2.75, 3.05) is 38.2 Å². The topological polar surface area (TPSA) is 43.8 Å². The van der Waals surface area contributed by atoms with Crippen molar-refractivity contribution in [3.63, 3.8) is 0 Å². The number of rotatable bonds is 1. The summed E-state index contributed by atoms with van der Waals surface area (Å²) < 4.78 is 0. The van der Waals surface area contributed by atoms with Gasteiger partial charge >= 0.3 is 0 Å². The normalized spacial score (nSPS) is 25.9. The summed E-state index contributed by atoms with van der Waals surface area (Å²) in [5.74, 6) is 0.762. The number of anilines is 1. The Labute approximate surface area is 107 Å². The van der Waals surface area contributed by atoms with Crippen molar-refractivity contribution in [2.45, 2.75) is 5.92 Å². The molecule has 2 atom stereocenters. The molecular formula is C14H18N2O2. The Morgan fingerprint density at radius 1 is 1.33 bits per heavy atom. The number of hydrogen-bond donors (Lipinski definition) is 1. The van der Waals surface area contributed by atoms with E-state index in [0.717, 1.165) is 19.6 Å². The number of carbonyl (C=O) groups is 1. The molecule has 18 heavy (non-hydrogen) atoms. The third-order valence-electron chi connectivity index (χ3n) is 4.18. The van der Waals surface area contributed by atoms with Crippen LogP contribution in [-0.4, -0.2) is 49.2 Å². The third kappa shape index (κ3) is 1.68. The maximum atomic E-state index is 11.6. The fraction of sp³-hybridized carbons (Fsp3) is 0.500. The molecule has 1 fully saturated rings. The number of carbonyl (C=O) groups excluding carboxylic acids is 1. The molecule has 2 heterocycles. The first-order chi connectivity index (χ1) is 8.70. The van der Waals surface area contributed by atoms with Crippen molar-refractivity contribution in [2.24, 2.45) is 5.92 Å². The molecule has 0 unspecified atom stereocenters. The highest BCUT2D eigenvalue weighted by Crippen LogP contribution is 2.42. The summed E-state index contributed by atoms with van der Waals surface area (Å²) in [6.45, 7) is 2.12. The minimum Gasteiger partial charge on any atom is -0.387 e. The van der Waals surface area contributed by atoms with E-state index >= 15 is 0 Å². The minimum absolute atomic E-state index is 0.149. The van der Waals surface area contributed by atoms with E-state index in [0.29, 0.717) is 11.8 Å². The van der Waals surface area contributed by atoms with E-state index in [2.05, 4.69) is 36.2 Å². The lowest BCUT2D eigenvalue weighted by Gasteiger charge is -2.35. The maximum absolute atomic E-state index is 11.6. The van der Waals surface area contributed by atoms with Gasteiger partial charge in [0.15, 0.2) is 0 Å². The first kappa shape index (κ1) is 11.5. The lowest BCUT2D eigenvalue weighted by molar-refractivity contribution is -0.133.